The van der Waals surface area contributed by atoms with E-state index in [-0.39, 0.29) is 6.04 Å². The lowest BCUT2D eigenvalue weighted by molar-refractivity contribution is 0.240. The summed E-state index contributed by atoms with van der Waals surface area (Å²) in [4.78, 5) is 0.352. The molecule has 4 rings (SSSR count). The normalized spacial score (nSPS) is 22.6. The summed E-state index contributed by atoms with van der Waals surface area (Å²) in [5.41, 5.74) is 0. The van der Waals surface area contributed by atoms with Gasteiger partial charge in [0.1, 0.15) is 6.33 Å². The van der Waals surface area contributed by atoms with E-state index in [2.05, 4.69) is 14.8 Å². The maximum absolute atomic E-state index is 13.1. The van der Waals surface area contributed by atoms with Gasteiger partial charge in [-0.25, -0.2) is 8.42 Å². The molecule has 1 aliphatic heterocycles. The second-order valence-corrected chi connectivity index (χ2v) is 8.62. The predicted molar refractivity (Wildman–Crippen MR) is 89.7 cm³/mol. The van der Waals surface area contributed by atoms with Gasteiger partial charge in [-0.3, -0.25) is 0 Å². The van der Waals surface area contributed by atoms with Crippen molar-refractivity contribution in [3.05, 3.63) is 42.5 Å². The molecule has 2 aliphatic rings. The van der Waals surface area contributed by atoms with E-state index in [1.165, 1.54) is 12.8 Å². The topological polar surface area (TPSA) is 68.1 Å². The van der Waals surface area contributed by atoms with Gasteiger partial charge >= 0.3 is 0 Å². The molecule has 2 aromatic rings. The van der Waals surface area contributed by atoms with E-state index in [9.17, 15) is 8.42 Å². The Morgan fingerprint density at radius 3 is 2.62 bits per heavy atom. The quantitative estimate of drug-likeness (QED) is 0.834. The second kappa shape index (κ2) is 6.29. The number of aromatic nitrogens is 3. The Morgan fingerprint density at radius 1 is 1.08 bits per heavy atom. The van der Waals surface area contributed by atoms with E-state index in [0.717, 1.165) is 31.6 Å². The van der Waals surface area contributed by atoms with E-state index in [0.29, 0.717) is 17.4 Å². The van der Waals surface area contributed by atoms with Crippen molar-refractivity contribution in [2.24, 2.45) is 5.92 Å². The van der Waals surface area contributed by atoms with Gasteiger partial charge in [-0.05, 0) is 43.7 Å². The Balaban J connectivity index is 1.67. The molecule has 0 amide bonds. The minimum Gasteiger partial charge on any atom is -0.316 e. The molecule has 1 atom stereocenters. The van der Waals surface area contributed by atoms with Crippen LogP contribution in [0, 0.1) is 5.92 Å². The molecule has 0 spiro atoms. The van der Waals surface area contributed by atoms with Crippen LogP contribution in [0.1, 0.15) is 44.0 Å². The fraction of sp³-hybridized carbons (Fsp3) is 0.529. The summed E-state index contributed by atoms with van der Waals surface area (Å²) in [7, 11) is -3.51. The van der Waals surface area contributed by atoms with Crippen molar-refractivity contribution in [1.29, 1.82) is 0 Å². The summed E-state index contributed by atoms with van der Waals surface area (Å²) in [6, 6.07) is 8.47. The molecule has 2 heterocycles. The van der Waals surface area contributed by atoms with Crippen molar-refractivity contribution in [2.45, 2.75) is 49.6 Å². The first kappa shape index (κ1) is 15.8. The van der Waals surface area contributed by atoms with E-state index < -0.39 is 10.0 Å². The summed E-state index contributed by atoms with van der Waals surface area (Å²) in [6.07, 6.45) is 6.94. The highest BCUT2D eigenvalue weighted by Crippen LogP contribution is 2.36. The van der Waals surface area contributed by atoms with Gasteiger partial charge in [-0.1, -0.05) is 24.6 Å². The van der Waals surface area contributed by atoms with Crippen LogP contribution < -0.4 is 0 Å². The first-order valence-electron chi connectivity index (χ1n) is 8.61. The summed E-state index contributed by atoms with van der Waals surface area (Å²) in [6.45, 7) is 1.44. The third-order valence-corrected chi connectivity index (χ3v) is 6.82. The molecule has 1 saturated carbocycles. The van der Waals surface area contributed by atoms with E-state index in [1.54, 1.807) is 34.9 Å². The Labute approximate surface area is 142 Å². The average molecular weight is 346 g/mol. The molecule has 7 heteroatoms. The summed E-state index contributed by atoms with van der Waals surface area (Å²) in [5.74, 6) is 1.49. The van der Waals surface area contributed by atoms with Crippen molar-refractivity contribution >= 4 is 10.0 Å². The number of rotatable bonds is 5. The van der Waals surface area contributed by atoms with Gasteiger partial charge in [-0.2, -0.15) is 4.31 Å². The molecule has 24 heavy (non-hydrogen) atoms. The predicted octanol–water partition coefficient (Wildman–Crippen LogP) is 2.60. The third-order valence-electron chi connectivity index (χ3n) is 4.90. The lowest BCUT2D eigenvalue weighted by atomic mass is 10.0. The van der Waals surface area contributed by atoms with Crippen molar-refractivity contribution in [2.75, 3.05) is 6.54 Å². The molecule has 1 aromatic heterocycles. The molecular formula is C17H22N4O2S. The van der Waals surface area contributed by atoms with Gasteiger partial charge < -0.3 is 4.57 Å². The number of nitrogens with zero attached hydrogens (tertiary/aromatic N) is 4. The highest BCUT2D eigenvalue weighted by Gasteiger charge is 2.37. The molecule has 1 aromatic carbocycles. The van der Waals surface area contributed by atoms with Crippen LogP contribution in [0.15, 0.2) is 41.6 Å². The van der Waals surface area contributed by atoms with Gasteiger partial charge in [0.25, 0.3) is 0 Å². The van der Waals surface area contributed by atoms with Crippen LogP contribution >= 0.6 is 0 Å². The van der Waals surface area contributed by atoms with Crippen molar-refractivity contribution < 1.29 is 8.42 Å². The summed E-state index contributed by atoms with van der Waals surface area (Å²) < 4.78 is 29.9. The van der Waals surface area contributed by atoms with Gasteiger partial charge in [0.15, 0.2) is 5.82 Å². The average Bonchev–Trinajstić information content (AvgIpc) is 3.31. The summed E-state index contributed by atoms with van der Waals surface area (Å²) >= 11 is 0. The standard InChI is InChI=1S/C17H22N4O2S/c22-24(23,15-6-2-1-3-7-15)21-11-5-4-8-16(21)17-19-18-13-20(17)12-14-9-10-14/h1-3,6-7,13-14,16H,4-5,8-12H2/t16-/m0/s1. The highest BCUT2D eigenvalue weighted by molar-refractivity contribution is 7.89. The SMILES string of the molecule is O=S(=O)(c1ccccc1)N1CCCC[C@H]1c1nncn1CC1CC1. The first-order valence-corrected chi connectivity index (χ1v) is 10.0. The van der Waals surface area contributed by atoms with Crippen molar-refractivity contribution in [3.8, 4) is 0 Å². The maximum atomic E-state index is 13.1. The zero-order valence-electron chi connectivity index (χ0n) is 13.6. The molecule has 1 saturated heterocycles. The first-order chi connectivity index (χ1) is 11.7. The fourth-order valence-electron chi connectivity index (χ4n) is 3.42. The maximum Gasteiger partial charge on any atom is 0.243 e. The van der Waals surface area contributed by atoms with Crippen molar-refractivity contribution in [3.63, 3.8) is 0 Å². The second-order valence-electron chi connectivity index (χ2n) is 6.73. The molecule has 0 bridgehead atoms. The van der Waals surface area contributed by atoms with Crippen LogP contribution in [0.25, 0.3) is 0 Å². The van der Waals surface area contributed by atoms with Crippen LogP contribution in [0.5, 0.6) is 0 Å². The number of hydrogen-bond donors (Lipinski definition) is 0. The Hall–Kier alpha value is -1.73. The van der Waals surface area contributed by atoms with Crippen LogP contribution in [-0.2, 0) is 16.6 Å². The minimum absolute atomic E-state index is 0.217. The Bertz CT molecular complexity index is 799. The van der Waals surface area contributed by atoms with E-state index >= 15 is 0 Å². The number of sulfonamides is 1. The molecule has 128 valence electrons. The van der Waals surface area contributed by atoms with Gasteiger partial charge in [0, 0.05) is 13.1 Å². The van der Waals surface area contributed by atoms with Gasteiger partial charge in [0.2, 0.25) is 10.0 Å². The number of hydrogen-bond acceptors (Lipinski definition) is 4. The summed E-state index contributed by atoms with van der Waals surface area (Å²) in [5, 5.41) is 8.34. The fourth-order valence-corrected chi connectivity index (χ4v) is 5.10. The van der Waals surface area contributed by atoms with Crippen LogP contribution in [-0.4, -0.2) is 34.0 Å². The largest absolute Gasteiger partial charge is 0.316 e. The molecule has 6 nitrogen and oxygen atoms in total. The zero-order valence-corrected chi connectivity index (χ0v) is 14.4. The van der Waals surface area contributed by atoms with Gasteiger partial charge in [0.05, 0.1) is 10.9 Å². The van der Waals surface area contributed by atoms with Gasteiger partial charge in [-0.15, -0.1) is 10.2 Å². The Kier molecular flexibility index (Phi) is 4.14. The molecule has 1 aliphatic carbocycles. The molecule has 2 fully saturated rings. The third kappa shape index (κ3) is 2.98. The number of benzene rings is 1. The smallest absolute Gasteiger partial charge is 0.243 e. The highest BCUT2D eigenvalue weighted by atomic mass is 32.2. The van der Waals surface area contributed by atoms with E-state index in [4.69, 9.17) is 0 Å². The molecule has 0 radical (unpaired) electrons. The lowest BCUT2D eigenvalue weighted by Gasteiger charge is -2.34. The van der Waals surface area contributed by atoms with Crippen LogP contribution in [0.2, 0.25) is 0 Å². The van der Waals surface area contributed by atoms with Crippen LogP contribution in [0.3, 0.4) is 0 Å². The lowest BCUT2D eigenvalue weighted by Crippen LogP contribution is -2.39. The molecule has 0 unspecified atom stereocenters. The molecule has 0 N–H and O–H groups in total. The zero-order chi connectivity index (χ0) is 16.6. The minimum atomic E-state index is -3.51. The monoisotopic (exact) mass is 346 g/mol. The molecular weight excluding hydrogens is 324 g/mol. The van der Waals surface area contributed by atoms with Crippen molar-refractivity contribution in [1.82, 2.24) is 19.1 Å². The Morgan fingerprint density at radius 2 is 1.88 bits per heavy atom. The number of piperidine rings is 1. The van der Waals surface area contributed by atoms with E-state index in [1.807, 2.05) is 6.07 Å². The van der Waals surface area contributed by atoms with Crippen LogP contribution in [0.4, 0.5) is 0 Å².